The van der Waals surface area contributed by atoms with E-state index < -0.39 is 22.0 Å². The van der Waals surface area contributed by atoms with Gasteiger partial charge in [-0.1, -0.05) is 23.2 Å². The summed E-state index contributed by atoms with van der Waals surface area (Å²) in [6.45, 7) is 1.65. The minimum Gasteiger partial charge on any atom is -0.478 e. The summed E-state index contributed by atoms with van der Waals surface area (Å²) in [7, 11) is -4.04. The zero-order valence-electron chi connectivity index (χ0n) is 11.8. The molecule has 0 radical (unpaired) electrons. The molecule has 0 unspecified atom stereocenters. The summed E-state index contributed by atoms with van der Waals surface area (Å²) in [4.78, 5) is 14.6. The average Bonchev–Trinajstić information content (AvgIpc) is 2.46. The lowest BCUT2D eigenvalue weighted by Crippen LogP contribution is -2.27. The van der Waals surface area contributed by atoms with Crippen molar-refractivity contribution in [1.82, 2.24) is 9.71 Å². The van der Waals surface area contributed by atoms with Crippen LogP contribution in [0.5, 0.6) is 0 Å². The third-order valence-electron chi connectivity index (χ3n) is 3.08. The van der Waals surface area contributed by atoms with Gasteiger partial charge in [0.15, 0.2) is 0 Å². The molecule has 0 fully saturated rings. The summed E-state index contributed by atoms with van der Waals surface area (Å²) in [6, 6.07) is 4.81. The van der Waals surface area contributed by atoms with E-state index in [1.807, 2.05) is 0 Å². The summed E-state index contributed by atoms with van der Waals surface area (Å²) < 4.78 is 27.4. The van der Waals surface area contributed by atoms with Crippen molar-refractivity contribution >= 4 is 39.2 Å². The quantitative estimate of drug-likeness (QED) is 0.837. The van der Waals surface area contributed by atoms with Crippen LogP contribution in [0.2, 0.25) is 10.0 Å². The monoisotopic (exact) mass is 374 g/mol. The zero-order chi connectivity index (χ0) is 17.2. The van der Waals surface area contributed by atoms with E-state index in [4.69, 9.17) is 28.3 Å². The first-order chi connectivity index (χ1) is 10.7. The van der Waals surface area contributed by atoms with Crippen molar-refractivity contribution in [3.05, 3.63) is 57.8 Å². The highest BCUT2D eigenvalue weighted by molar-refractivity contribution is 7.89. The summed E-state index contributed by atoms with van der Waals surface area (Å²) in [5.74, 6) is -1.34. The molecule has 2 aromatic rings. The fraction of sp³-hybridized carbons (Fsp3) is 0.143. The fourth-order valence-electron chi connectivity index (χ4n) is 1.92. The van der Waals surface area contributed by atoms with Crippen molar-refractivity contribution < 1.29 is 18.3 Å². The Morgan fingerprint density at radius 2 is 1.83 bits per heavy atom. The van der Waals surface area contributed by atoms with Gasteiger partial charge in [0.05, 0.1) is 15.6 Å². The van der Waals surface area contributed by atoms with Crippen molar-refractivity contribution in [2.75, 3.05) is 0 Å². The van der Waals surface area contributed by atoms with Crippen molar-refractivity contribution in [1.29, 1.82) is 0 Å². The molecule has 0 amide bonds. The summed E-state index contributed by atoms with van der Waals surface area (Å²) >= 11 is 11.7. The van der Waals surface area contributed by atoms with Crippen LogP contribution < -0.4 is 4.72 Å². The maximum absolute atomic E-state index is 12.5. The Labute approximate surface area is 143 Å². The first-order valence-electron chi connectivity index (χ1n) is 6.37. The highest BCUT2D eigenvalue weighted by Crippen LogP contribution is 2.29. The number of rotatable bonds is 5. The second-order valence-corrected chi connectivity index (χ2v) is 7.19. The van der Waals surface area contributed by atoms with Gasteiger partial charge in [-0.3, -0.25) is 4.98 Å². The van der Waals surface area contributed by atoms with Crippen molar-refractivity contribution in [3.63, 3.8) is 0 Å². The van der Waals surface area contributed by atoms with Gasteiger partial charge in [-0.25, -0.2) is 17.9 Å². The van der Waals surface area contributed by atoms with Crippen molar-refractivity contribution in [3.8, 4) is 0 Å². The van der Waals surface area contributed by atoms with Crippen LogP contribution in [0.15, 0.2) is 41.6 Å². The number of nitrogens with one attached hydrogen (secondary N) is 1. The van der Waals surface area contributed by atoms with E-state index in [1.165, 1.54) is 12.4 Å². The minimum atomic E-state index is -4.04. The molecule has 0 spiro atoms. The first kappa shape index (κ1) is 17.7. The second kappa shape index (κ2) is 6.84. The Balaban J connectivity index is 2.40. The number of halogens is 2. The lowest BCUT2D eigenvalue weighted by atomic mass is 10.1. The molecule has 1 aromatic carbocycles. The van der Waals surface area contributed by atoms with E-state index in [1.54, 1.807) is 19.1 Å². The molecule has 0 aliphatic carbocycles. The minimum absolute atomic E-state index is 0.136. The van der Waals surface area contributed by atoms with Crippen LogP contribution in [0.1, 0.15) is 28.9 Å². The number of carboxylic acid groups (broad SMARTS) is 1. The molecule has 0 bridgehead atoms. The van der Waals surface area contributed by atoms with Gasteiger partial charge in [0, 0.05) is 18.4 Å². The third-order valence-corrected chi connectivity index (χ3v) is 5.40. The first-order valence-corrected chi connectivity index (χ1v) is 8.61. The van der Waals surface area contributed by atoms with Crippen LogP contribution in [0.3, 0.4) is 0 Å². The predicted molar refractivity (Wildman–Crippen MR) is 86.4 cm³/mol. The van der Waals surface area contributed by atoms with Gasteiger partial charge < -0.3 is 5.11 Å². The van der Waals surface area contributed by atoms with Crippen molar-refractivity contribution in [2.24, 2.45) is 0 Å². The van der Waals surface area contributed by atoms with E-state index in [2.05, 4.69) is 9.71 Å². The highest BCUT2D eigenvalue weighted by atomic mass is 35.5. The summed E-state index contributed by atoms with van der Waals surface area (Å²) in [5.41, 5.74) is 0.361. The Morgan fingerprint density at radius 1 is 1.22 bits per heavy atom. The fourth-order valence-corrected chi connectivity index (χ4v) is 4.00. The molecular weight excluding hydrogens is 363 g/mol. The number of benzene rings is 1. The van der Waals surface area contributed by atoms with Crippen LogP contribution in [-0.2, 0) is 10.0 Å². The van der Waals surface area contributed by atoms with Gasteiger partial charge in [-0.05, 0) is 36.8 Å². The van der Waals surface area contributed by atoms with Crippen LogP contribution >= 0.6 is 23.2 Å². The topological polar surface area (TPSA) is 96.4 Å². The summed E-state index contributed by atoms with van der Waals surface area (Å²) in [6.07, 6.45) is 3.08. The van der Waals surface area contributed by atoms with Gasteiger partial charge in [-0.15, -0.1) is 0 Å². The molecular formula is C14H12Cl2N2O4S. The Kier molecular flexibility index (Phi) is 5.26. The van der Waals surface area contributed by atoms with Crippen LogP contribution in [-0.4, -0.2) is 24.5 Å². The van der Waals surface area contributed by atoms with E-state index in [0.29, 0.717) is 5.56 Å². The predicted octanol–water partition coefficient (Wildman–Crippen LogP) is 3.13. The number of carbonyl (C=O) groups is 1. The lowest BCUT2D eigenvalue weighted by Gasteiger charge is -2.16. The molecule has 2 N–H and O–H groups in total. The normalized spacial score (nSPS) is 12.8. The molecule has 9 heteroatoms. The number of pyridine rings is 1. The molecule has 2 rings (SSSR count). The number of nitrogens with zero attached hydrogens (tertiary/aromatic N) is 1. The van der Waals surface area contributed by atoms with Gasteiger partial charge in [0.25, 0.3) is 0 Å². The Hall–Kier alpha value is -1.67. The maximum Gasteiger partial charge on any atom is 0.337 e. The number of aromatic carboxylic acids is 1. The SMILES string of the molecule is C[C@H](NS(=O)(=O)c1cc(C(=O)O)c(Cl)cc1Cl)c1ccncc1. The lowest BCUT2D eigenvalue weighted by molar-refractivity contribution is 0.0697. The van der Waals surface area contributed by atoms with Crippen LogP contribution in [0.4, 0.5) is 0 Å². The summed E-state index contributed by atoms with van der Waals surface area (Å²) in [5, 5.41) is 8.76. The molecule has 1 aromatic heterocycles. The molecule has 0 saturated heterocycles. The zero-order valence-corrected chi connectivity index (χ0v) is 14.2. The molecule has 0 aliphatic heterocycles. The molecule has 1 heterocycles. The molecule has 1 atom stereocenters. The van der Waals surface area contributed by atoms with Gasteiger partial charge >= 0.3 is 5.97 Å². The Bertz CT molecular complexity index is 841. The third kappa shape index (κ3) is 4.00. The standard InChI is InChI=1S/C14H12Cl2N2O4S/c1-8(9-2-4-17-5-3-9)18-23(21,22)13-6-10(14(19)20)11(15)7-12(13)16/h2-8,18H,1H3,(H,19,20)/t8-/m0/s1. The number of sulfonamides is 1. The highest BCUT2D eigenvalue weighted by Gasteiger charge is 2.24. The van der Waals surface area contributed by atoms with Gasteiger partial charge in [0.1, 0.15) is 4.90 Å². The Morgan fingerprint density at radius 3 is 2.39 bits per heavy atom. The van der Waals surface area contributed by atoms with E-state index in [0.717, 1.165) is 12.1 Å². The smallest absolute Gasteiger partial charge is 0.337 e. The van der Waals surface area contributed by atoms with Crippen LogP contribution in [0, 0.1) is 0 Å². The number of carboxylic acids is 1. The van der Waals surface area contributed by atoms with E-state index in [9.17, 15) is 13.2 Å². The molecule has 23 heavy (non-hydrogen) atoms. The molecule has 6 nitrogen and oxygen atoms in total. The van der Waals surface area contributed by atoms with Crippen LogP contribution in [0.25, 0.3) is 0 Å². The number of hydrogen-bond donors (Lipinski definition) is 2. The average molecular weight is 375 g/mol. The van der Waals surface area contributed by atoms with Gasteiger partial charge in [-0.2, -0.15) is 0 Å². The molecule has 122 valence electrons. The van der Waals surface area contributed by atoms with E-state index >= 15 is 0 Å². The molecule has 0 aliphatic rings. The van der Waals surface area contributed by atoms with Crippen molar-refractivity contribution in [2.45, 2.75) is 17.9 Å². The second-order valence-electron chi connectivity index (χ2n) is 4.69. The molecule has 0 saturated carbocycles. The van der Waals surface area contributed by atoms with E-state index in [-0.39, 0.29) is 20.5 Å². The number of hydrogen-bond acceptors (Lipinski definition) is 4. The largest absolute Gasteiger partial charge is 0.478 e. The van der Waals surface area contributed by atoms with Gasteiger partial charge in [0.2, 0.25) is 10.0 Å². The number of aromatic nitrogens is 1. The maximum atomic E-state index is 12.5.